The smallest absolute Gasteiger partial charge is 0.0841 e. The Hall–Kier alpha value is -1.64. The second-order valence-corrected chi connectivity index (χ2v) is 4.59. The fraction of sp³-hybridized carbons (Fsp3) is 0.294. The standard InChI is InChI=1S/C17H21NO/c1-18-13-12-17(16-10-6-3-7-11-16)19-14-15-8-4-2-5-9-15/h2-11,17-18H,12-14H2,1H3. The molecule has 2 heteroatoms. The quantitative estimate of drug-likeness (QED) is 0.817. The van der Waals surface area contributed by atoms with Gasteiger partial charge in [-0.1, -0.05) is 60.7 Å². The van der Waals surface area contributed by atoms with Crippen molar-refractivity contribution in [3.8, 4) is 0 Å². The van der Waals surface area contributed by atoms with Gasteiger partial charge in [0.05, 0.1) is 12.7 Å². The van der Waals surface area contributed by atoms with E-state index in [2.05, 4.69) is 41.7 Å². The highest BCUT2D eigenvalue weighted by Gasteiger charge is 2.11. The number of hydrogen-bond donors (Lipinski definition) is 1. The maximum atomic E-state index is 6.08. The summed E-state index contributed by atoms with van der Waals surface area (Å²) in [6.45, 7) is 1.61. The van der Waals surface area contributed by atoms with Gasteiger partial charge in [-0.25, -0.2) is 0 Å². The van der Waals surface area contributed by atoms with Gasteiger partial charge in [-0.2, -0.15) is 0 Å². The SMILES string of the molecule is CNCCC(OCc1ccccc1)c1ccccc1. The topological polar surface area (TPSA) is 21.3 Å². The van der Waals surface area contributed by atoms with Crippen LogP contribution in [0.5, 0.6) is 0 Å². The zero-order chi connectivity index (χ0) is 13.3. The number of ether oxygens (including phenoxy) is 1. The van der Waals surface area contributed by atoms with Gasteiger partial charge in [-0.15, -0.1) is 0 Å². The van der Waals surface area contributed by atoms with Gasteiger partial charge in [0.25, 0.3) is 0 Å². The molecule has 0 saturated carbocycles. The van der Waals surface area contributed by atoms with E-state index in [1.807, 2.05) is 31.3 Å². The molecule has 0 fully saturated rings. The van der Waals surface area contributed by atoms with Crippen molar-refractivity contribution in [1.82, 2.24) is 5.32 Å². The Morgan fingerprint density at radius 3 is 2.21 bits per heavy atom. The molecule has 0 aromatic heterocycles. The first-order valence-electron chi connectivity index (χ1n) is 6.75. The van der Waals surface area contributed by atoms with Crippen molar-refractivity contribution in [3.63, 3.8) is 0 Å². The van der Waals surface area contributed by atoms with E-state index in [-0.39, 0.29) is 6.10 Å². The van der Waals surface area contributed by atoms with Gasteiger partial charge in [-0.3, -0.25) is 0 Å². The molecule has 0 radical (unpaired) electrons. The van der Waals surface area contributed by atoms with Crippen molar-refractivity contribution < 1.29 is 4.74 Å². The first-order valence-corrected chi connectivity index (χ1v) is 6.75. The monoisotopic (exact) mass is 255 g/mol. The maximum Gasteiger partial charge on any atom is 0.0841 e. The summed E-state index contributed by atoms with van der Waals surface area (Å²) in [5, 5.41) is 3.19. The lowest BCUT2D eigenvalue weighted by atomic mass is 10.1. The number of nitrogens with one attached hydrogen (secondary N) is 1. The van der Waals surface area contributed by atoms with Gasteiger partial charge >= 0.3 is 0 Å². The Labute approximate surface area is 115 Å². The van der Waals surface area contributed by atoms with Gasteiger partial charge in [0, 0.05) is 0 Å². The highest BCUT2D eigenvalue weighted by Crippen LogP contribution is 2.22. The Balaban J connectivity index is 1.98. The zero-order valence-electron chi connectivity index (χ0n) is 11.4. The minimum Gasteiger partial charge on any atom is -0.369 e. The van der Waals surface area contributed by atoms with E-state index in [0.717, 1.165) is 13.0 Å². The van der Waals surface area contributed by atoms with Crippen molar-refractivity contribution >= 4 is 0 Å². The largest absolute Gasteiger partial charge is 0.369 e. The summed E-state index contributed by atoms with van der Waals surface area (Å²) in [5.41, 5.74) is 2.46. The number of benzene rings is 2. The van der Waals surface area contributed by atoms with Crippen LogP contribution in [0.25, 0.3) is 0 Å². The third kappa shape index (κ3) is 4.51. The molecule has 0 saturated heterocycles. The average molecular weight is 255 g/mol. The van der Waals surface area contributed by atoms with Crippen molar-refractivity contribution in [2.75, 3.05) is 13.6 Å². The number of rotatable bonds is 7. The minimum atomic E-state index is 0.147. The van der Waals surface area contributed by atoms with Crippen molar-refractivity contribution in [2.24, 2.45) is 0 Å². The molecule has 0 spiro atoms. The zero-order valence-corrected chi connectivity index (χ0v) is 11.4. The van der Waals surface area contributed by atoms with Crippen LogP contribution < -0.4 is 5.32 Å². The van der Waals surface area contributed by atoms with Gasteiger partial charge in [-0.05, 0) is 31.1 Å². The molecule has 2 rings (SSSR count). The molecule has 1 unspecified atom stereocenters. The van der Waals surface area contributed by atoms with E-state index in [0.29, 0.717) is 6.61 Å². The summed E-state index contributed by atoms with van der Waals surface area (Å²) in [6.07, 6.45) is 1.13. The summed E-state index contributed by atoms with van der Waals surface area (Å²) < 4.78 is 6.08. The molecule has 0 aliphatic rings. The third-order valence-electron chi connectivity index (χ3n) is 3.12. The first-order chi connectivity index (χ1) is 9.40. The molecule has 1 atom stereocenters. The van der Waals surface area contributed by atoms with Gasteiger partial charge in [0.2, 0.25) is 0 Å². The van der Waals surface area contributed by atoms with Crippen LogP contribution >= 0.6 is 0 Å². The highest BCUT2D eigenvalue weighted by molar-refractivity contribution is 5.18. The molecule has 0 amide bonds. The minimum absolute atomic E-state index is 0.147. The average Bonchev–Trinajstić information content (AvgIpc) is 2.49. The molecule has 0 heterocycles. The predicted octanol–water partition coefficient (Wildman–Crippen LogP) is 3.55. The molecular weight excluding hydrogens is 234 g/mol. The van der Waals surface area contributed by atoms with Crippen LogP contribution in [0, 0.1) is 0 Å². The van der Waals surface area contributed by atoms with E-state index in [9.17, 15) is 0 Å². The van der Waals surface area contributed by atoms with Crippen LogP contribution in [0.4, 0.5) is 0 Å². The van der Waals surface area contributed by atoms with Crippen LogP contribution in [-0.4, -0.2) is 13.6 Å². The molecule has 1 N–H and O–H groups in total. The molecular formula is C17H21NO. The van der Waals surface area contributed by atoms with Crippen LogP contribution in [0.2, 0.25) is 0 Å². The highest BCUT2D eigenvalue weighted by atomic mass is 16.5. The Morgan fingerprint density at radius 1 is 0.947 bits per heavy atom. The van der Waals surface area contributed by atoms with Gasteiger partial charge in [0.15, 0.2) is 0 Å². The molecule has 100 valence electrons. The third-order valence-corrected chi connectivity index (χ3v) is 3.12. The van der Waals surface area contributed by atoms with Gasteiger partial charge < -0.3 is 10.1 Å². The van der Waals surface area contributed by atoms with E-state index < -0.39 is 0 Å². The number of hydrogen-bond acceptors (Lipinski definition) is 2. The normalized spacial score (nSPS) is 12.3. The fourth-order valence-corrected chi connectivity index (χ4v) is 2.06. The Kier molecular flexibility index (Phi) is 5.60. The second kappa shape index (κ2) is 7.72. The van der Waals surface area contributed by atoms with E-state index in [1.165, 1.54) is 11.1 Å². The van der Waals surface area contributed by atoms with Crippen molar-refractivity contribution in [3.05, 3.63) is 71.8 Å². The molecule has 0 aliphatic carbocycles. The maximum absolute atomic E-state index is 6.08. The Bertz CT molecular complexity index is 455. The summed E-state index contributed by atoms with van der Waals surface area (Å²) in [4.78, 5) is 0. The lowest BCUT2D eigenvalue weighted by Crippen LogP contribution is -2.14. The molecule has 0 aliphatic heterocycles. The molecule has 2 aromatic carbocycles. The lowest BCUT2D eigenvalue weighted by molar-refractivity contribution is 0.0344. The van der Waals surface area contributed by atoms with Crippen LogP contribution in [-0.2, 0) is 11.3 Å². The van der Waals surface area contributed by atoms with E-state index in [1.54, 1.807) is 0 Å². The van der Waals surface area contributed by atoms with E-state index >= 15 is 0 Å². The predicted molar refractivity (Wildman–Crippen MR) is 79.0 cm³/mol. The second-order valence-electron chi connectivity index (χ2n) is 4.59. The molecule has 2 aromatic rings. The van der Waals surface area contributed by atoms with Crippen LogP contribution in [0.15, 0.2) is 60.7 Å². The fourth-order valence-electron chi connectivity index (χ4n) is 2.06. The lowest BCUT2D eigenvalue weighted by Gasteiger charge is -2.18. The van der Waals surface area contributed by atoms with Crippen LogP contribution in [0.1, 0.15) is 23.7 Å². The summed E-state index contributed by atoms with van der Waals surface area (Å²) in [5.74, 6) is 0. The van der Waals surface area contributed by atoms with Gasteiger partial charge in [0.1, 0.15) is 0 Å². The van der Waals surface area contributed by atoms with Crippen LogP contribution in [0.3, 0.4) is 0 Å². The summed E-state index contributed by atoms with van der Waals surface area (Å²) in [7, 11) is 1.97. The molecule has 19 heavy (non-hydrogen) atoms. The summed E-state index contributed by atoms with van der Waals surface area (Å²) >= 11 is 0. The first kappa shape index (κ1) is 13.8. The Morgan fingerprint density at radius 2 is 1.58 bits per heavy atom. The molecule has 2 nitrogen and oxygen atoms in total. The molecule has 0 bridgehead atoms. The van der Waals surface area contributed by atoms with Crippen molar-refractivity contribution in [2.45, 2.75) is 19.1 Å². The summed E-state index contributed by atoms with van der Waals surface area (Å²) in [6, 6.07) is 20.7. The van der Waals surface area contributed by atoms with E-state index in [4.69, 9.17) is 4.74 Å². The van der Waals surface area contributed by atoms with Crippen molar-refractivity contribution in [1.29, 1.82) is 0 Å².